The quantitative estimate of drug-likeness (QED) is 0.251. The van der Waals surface area contributed by atoms with E-state index >= 15 is 0 Å². The van der Waals surface area contributed by atoms with Gasteiger partial charge in [-0.2, -0.15) is 0 Å². The van der Waals surface area contributed by atoms with Gasteiger partial charge in [-0.3, -0.25) is 0 Å². The molecule has 0 aliphatic carbocycles. The van der Waals surface area contributed by atoms with Gasteiger partial charge in [0.25, 0.3) is 0 Å². The molecule has 0 fully saturated rings. The molecule has 0 aliphatic heterocycles. The molecule has 0 aliphatic rings. The largest absolute Gasteiger partial charge is 0.421 e. The van der Waals surface area contributed by atoms with Gasteiger partial charge >= 0.3 is 0 Å². The lowest BCUT2D eigenvalue weighted by atomic mass is 10.1. The van der Waals surface area contributed by atoms with Gasteiger partial charge in [0.05, 0.1) is 22.1 Å². The summed E-state index contributed by atoms with van der Waals surface area (Å²) in [7, 11) is 0. The lowest BCUT2D eigenvalue weighted by Gasteiger charge is -2.14. The lowest BCUT2D eigenvalue weighted by Crippen LogP contribution is -2.00. The molecule has 0 amide bonds. The van der Waals surface area contributed by atoms with Crippen LogP contribution in [0.5, 0.6) is 0 Å². The van der Waals surface area contributed by atoms with E-state index < -0.39 is 0 Å². The van der Waals surface area contributed by atoms with Crippen molar-refractivity contribution in [2.24, 2.45) is 0 Å². The van der Waals surface area contributed by atoms with Crippen LogP contribution in [0.1, 0.15) is 5.89 Å². The maximum Gasteiger partial charge on any atom is 0.247 e. The molecule has 0 saturated carbocycles. The summed E-state index contributed by atoms with van der Waals surface area (Å²) in [6, 6.07) is 40.8. The van der Waals surface area contributed by atoms with Crippen molar-refractivity contribution in [2.45, 2.75) is 6.92 Å². The van der Waals surface area contributed by atoms with E-state index in [1.807, 2.05) is 6.92 Å². The number of para-hydroxylation sites is 4. The number of hydrogen-bond acceptors (Lipinski definition) is 3. The molecule has 5 heteroatoms. The van der Waals surface area contributed by atoms with Crippen molar-refractivity contribution in [3.63, 3.8) is 0 Å². The average molecular weight is 491 g/mol. The zero-order chi connectivity index (χ0) is 25.2. The first-order chi connectivity index (χ1) is 18.8. The van der Waals surface area contributed by atoms with Crippen LogP contribution in [0.4, 0.5) is 0 Å². The highest BCUT2D eigenvalue weighted by Crippen LogP contribution is 2.37. The Hall–Kier alpha value is -5.16. The second-order valence-corrected chi connectivity index (χ2v) is 9.60. The van der Waals surface area contributed by atoms with Gasteiger partial charge in [-0.1, -0.05) is 72.8 Å². The Morgan fingerprint density at radius 3 is 1.26 bits per heavy atom. The summed E-state index contributed by atoms with van der Waals surface area (Å²) in [4.78, 5) is 0. The van der Waals surface area contributed by atoms with E-state index in [1.54, 1.807) is 0 Å². The summed E-state index contributed by atoms with van der Waals surface area (Å²) >= 11 is 0. The summed E-state index contributed by atoms with van der Waals surface area (Å²) in [5.41, 5.74) is 7.56. The maximum atomic E-state index is 5.92. The van der Waals surface area contributed by atoms with Gasteiger partial charge < -0.3 is 13.6 Å². The smallest absolute Gasteiger partial charge is 0.247 e. The lowest BCUT2D eigenvalue weighted by molar-refractivity contribution is 0.532. The SMILES string of the molecule is Cc1nnc(-c2cc(-n3c4ccccc4c4ccccc43)cc(-n3c4ccccc4c4ccccc43)c2)o1. The van der Waals surface area contributed by atoms with E-state index in [0.29, 0.717) is 11.8 Å². The number of nitrogens with zero attached hydrogens (tertiary/aromatic N) is 4. The molecule has 8 rings (SSSR count). The van der Waals surface area contributed by atoms with Gasteiger partial charge in [0.1, 0.15) is 0 Å². The molecule has 0 N–H and O–H groups in total. The van der Waals surface area contributed by atoms with Crippen molar-refractivity contribution in [3.05, 3.63) is 121 Å². The van der Waals surface area contributed by atoms with Crippen molar-refractivity contribution in [3.8, 4) is 22.8 Å². The van der Waals surface area contributed by atoms with E-state index in [9.17, 15) is 0 Å². The minimum atomic E-state index is 0.507. The summed E-state index contributed by atoms with van der Waals surface area (Å²) in [5, 5.41) is 13.4. The molecule has 5 nitrogen and oxygen atoms in total. The third kappa shape index (κ3) is 2.99. The first-order valence-corrected chi connectivity index (χ1v) is 12.7. The topological polar surface area (TPSA) is 48.8 Å². The second-order valence-electron chi connectivity index (χ2n) is 9.60. The Kier molecular flexibility index (Phi) is 4.37. The number of rotatable bonds is 3. The van der Waals surface area contributed by atoms with E-state index in [2.05, 4.69) is 135 Å². The molecule has 5 aromatic carbocycles. The van der Waals surface area contributed by atoms with Gasteiger partial charge in [0, 0.05) is 45.4 Å². The number of fused-ring (bicyclic) bond motifs is 6. The fraction of sp³-hybridized carbons (Fsp3) is 0.0303. The molecule has 0 spiro atoms. The fourth-order valence-electron chi connectivity index (χ4n) is 5.79. The van der Waals surface area contributed by atoms with Crippen LogP contribution in [0, 0.1) is 6.92 Å². The highest BCUT2D eigenvalue weighted by molar-refractivity contribution is 6.10. The Morgan fingerprint density at radius 1 is 0.500 bits per heavy atom. The molecule has 3 aromatic heterocycles. The highest BCUT2D eigenvalue weighted by atomic mass is 16.4. The molecular weight excluding hydrogens is 468 g/mol. The molecule has 8 aromatic rings. The van der Waals surface area contributed by atoms with Crippen LogP contribution in [0.15, 0.2) is 120 Å². The highest BCUT2D eigenvalue weighted by Gasteiger charge is 2.18. The van der Waals surface area contributed by atoms with Crippen molar-refractivity contribution in [1.82, 2.24) is 19.3 Å². The first-order valence-electron chi connectivity index (χ1n) is 12.7. The van der Waals surface area contributed by atoms with Crippen LogP contribution >= 0.6 is 0 Å². The zero-order valence-corrected chi connectivity index (χ0v) is 20.7. The Labute approximate surface area is 218 Å². The first kappa shape index (κ1) is 21.0. The maximum absolute atomic E-state index is 5.92. The summed E-state index contributed by atoms with van der Waals surface area (Å²) in [5.74, 6) is 1.05. The third-order valence-corrected chi connectivity index (χ3v) is 7.35. The van der Waals surface area contributed by atoms with E-state index in [1.165, 1.54) is 21.5 Å². The van der Waals surface area contributed by atoms with Crippen LogP contribution in [-0.4, -0.2) is 19.3 Å². The minimum Gasteiger partial charge on any atom is -0.421 e. The average Bonchev–Trinajstić information content (AvgIpc) is 3.65. The Bertz CT molecular complexity index is 1920. The number of hydrogen-bond donors (Lipinski definition) is 0. The van der Waals surface area contributed by atoms with Crippen molar-refractivity contribution >= 4 is 43.6 Å². The summed E-state index contributed by atoms with van der Waals surface area (Å²) in [6.07, 6.45) is 0. The number of aromatic nitrogens is 4. The van der Waals surface area contributed by atoms with Crippen molar-refractivity contribution < 1.29 is 4.42 Å². The molecule has 0 saturated heterocycles. The molecule has 0 radical (unpaired) electrons. The normalized spacial score (nSPS) is 11.8. The number of benzene rings is 5. The van der Waals surface area contributed by atoms with Crippen LogP contribution in [0.2, 0.25) is 0 Å². The predicted molar refractivity (Wildman–Crippen MR) is 153 cm³/mol. The molecular formula is C33H22N4O. The van der Waals surface area contributed by atoms with E-state index in [4.69, 9.17) is 4.42 Å². The molecule has 0 atom stereocenters. The minimum absolute atomic E-state index is 0.507. The Balaban J connectivity index is 1.51. The van der Waals surface area contributed by atoms with Crippen LogP contribution < -0.4 is 0 Å². The molecule has 38 heavy (non-hydrogen) atoms. The van der Waals surface area contributed by atoms with Gasteiger partial charge in [-0.05, 0) is 42.5 Å². The van der Waals surface area contributed by atoms with Crippen molar-refractivity contribution in [2.75, 3.05) is 0 Å². The molecule has 3 heterocycles. The number of aryl methyl sites for hydroxylation is 1. The van der Waals surface area contributed by atoms with Crippen LogP contribution in [0.3, 0.4) is 0 Å². The van der Waals surface area contributed by atoms with Crippen molar-refractivity contribution in [1.29, 1.82) is 0 Å². The standard InChI is InChI=1S/C33H22N4O/c1-21-34-35-33(38-21)22-18-23(36-29-14-6-2-10-25(29)26-11-3-7-15-30(26)36)20-24(19-22)37-31-16-8-4-12-27(31)28-13-5-9-17-32(28)37/h2-20H,1H3. The fourth-order valence-corrected chi connectivity index (χ4v) is 5.79. The van der Waals surface area contributed by atoms with E-state index in [0.717, 1.165) is 39.0 Å². The molecule has 180 valence electrons. The van der Waals surface area contributed by atoms with Gasteiger partial charge in [0.2, 0.25) is 11.8 Å². The monoisotopic (exact) mass is 490 g/mol. The van der Waals surface area contributed by atoms with Crippen LogP contribution in [0.25, 0.3) is 66.4 Å². The Morgan fingerprint density at radius 2 is 0.895 bits per heavy atom. The van der Waals surface area contributed by atoms with Gasteiger partial charge in [-0.25, -0.2) is 0 Å². The molecule has 0 bridgehead atoms. The summed E-state index contributed by atoms with van der Waals surface area (Å²) in [6.45, 7) is 1.82. The molecule has 0 unspecified atom stereocenters. The van der Waals surface area contributed by atoms with Gasteiger partial charge in [-0.15, -0.1) is 10.2 Å². The van der Waals surface area contributed by atoms with Gasteiger partial charge in [0.15, 0.2) is 0 Å². The van der Waals surface area contributed by atoms with E-state index in [-0.39, 0.29) is 0 Å². The zero-order valence-electron chi connectivity index (χ0n) is 20.7. The third-order valence-electron chi connectivity index (χ3n) is 7.35. The van der Waals surface area contributed by atoms with Crippen LogP contribution in [-0.2, 0) is 0 Å². The summed E-state index contributed by atoms with van der Waals surface area (Å²) < 4.78 is 10.6. The second kappa shape index (κ2) is 7.92. The predicted octanol–water partition coefficient (Wildman–Crippen LogP) is 8.24.